The Labute approximate surface area is 414 Å². The number of ketones is 2. The van der Waals surface area contributed by atoms with Crippen LogP contribution in [0.1, 0.15) is 74.1 Å². The van der Waals surface area contributed by atoms with E-state index in [2.05, 4.69) is 50.4 Å². The van der Waals surface area contributed by atoms with Gasteiger partial charge in [0.25, 0.3) is 0 Å². The van der Waals surface area contributed by atoms with Crippen LogP contribution in [0, 0.1) is 0 Å². The molecule has 0 bridgehead atoms. The van der Waals surface area contributed by atoms with Crippen molar-refractivity contribution in [2.75, 3.05) is 56.3 Å². The lowest BCUT2D eigenvalue weighted by atomic mass is 10.1. The molecule has 0 aliphatic carbocycles. The number of aromatic nitrogens is 1. The second-order valence-electron chi connectivity index (χ2n) is 16.4. The maximum Gasteiger partial charge on any atom is 0.410 e. The number of thiocarbonyl (C=S) groups is 1. The number of fused-ring (bicyclic) bond motifs is 2. The Hall–Kier alpha value is -6.28. The van der Waals surface area contributed by atoms with E-state index in [1.807, 2.05) is 83.1 Å². The average molecular weight is 1030 g/mol. The third kappa shape index (κ3) is 16.5. The normalized spacial score (nSPS) is 12.1. The number of ether oxygens (including phenoxy) is 7. The fourth-order valence-corrected chi connectivity index (χ4v) is 7.28. The van der Waals surface area contributed by atoms with Gasteiger partial charge in [0.05, 0.1) is 17.6 Å². The highest BCUT2D eigenvalue weighted by Crippen LogP contribution is 2.36. The maximum atomic E-state index is 12.9. The Balaban J connectivity index is 0.000000206. The van der Waals surface area contributed by atoms with Gasteiger partial charge < -0.3 is 54.4 Å². The van der Waals surface area contributed by atoms with Gasteiger partial charge in [-0.15, -0.1) is 0 Å². The number of anilines is 3. The van der Waals surface area contributed by atoms with Crippen LogP contribution in [0.5, 0.6) is 34.5 Å². The summed E-state index contributed by atoms with van der Waals surface area (Å²) in [6, 6.07) is 25.6. The number of amides is 1. The van der Waals surface area contributed by atoms with E-state index in [4.69, 9.17) is 51.1 Å². The van der Waals surface area contributed by atoms with Gasteiger partial charge in [0.1, 0.15) is 41.0 Å². The largest absolute Gasteiger partial charge is 0.492 e. The standard InChI is InChI=1S/C22H24N4O4S.C18H26N2O3S.C9H7BrO3/c1-13(2)24-9-10-28-16-6-4-15(5-7-16)25-22-26-21(23)20(31-22)19(27)14-3-8-17-18(11-14)30-12-29-17;1-14(2)20(17(21)23-18(3,4)5)11-12-22-16-8-6-15(7-9-16)19-10-13-24;10-4-7(11)6-1-2-8-9(3-6)13-5-12-8/h3-8,11,13,24H,9-10,12,23H2,1-2H3,(H,25,26);6-10,13-14H,11-12H2,1-5H3;1-3H,4-5H2. The second-order valence-corrected chi connectivity index (χ2v) is 18.2. The zero-order valence-electron chi connectivity index (χ0n) is 39.0. The molecule has 4 aromatic carbocycles. The van der Waals surface area contributed by atoms with E-state index in [0.717, 1.165) is 29.4 Å². The number of rotatable bonds is 18. The molecule has 5 aromatic rings. The molecule has 0 saturated heterocycles. The average Bonchev–Trinajstić information content (AvgIpc) is 4.08. The molecule has 0 fully saturated rings. The minimum absolute atomic E-state index is 0.0369. The summed E-state index contributed by atoms with van der Waals surface area (Å²) in [6.45, 7) is 16.3. The first-order valence-electron chi connectivity index (χ1n) is 21.7. The predicted octanol–water partition coefficient (Wildman–Crippen LogP) is 10.2. The highest BCUT2D eigenvalue weighted by molar-refractivity contribution is 9.09. The lowest BCUT2D eigenvalue weighted by molar-refractivity contribution is 0.0164. The van der Waals surface area contributed by atoms with Crippen LogP contribution < -0.4 is 44.8 Å². The first-order valence-corrected chi connectivity index (χ1v) is 24.1. The van der Waals surface area contributed by atoms with Gasteiger partial charge in [0.15, 0.2) is 33.9 Å². The van der Waals surface area contributed by atoms with Crippen LogP contribution in [0.4, 0.5) is 27.1 Å². The molecule has 0 saturated carbocycles. The fraction of sp³-hybridized carbons (Fsp3) is 0.347. The predicted molar refractivity (Wildman–Crippen MR) is 273 cm³/mol. The van der Waals surface area contributed by atoms with Crippen molar-refractivity contribution in [2.24, 2.45) is 4.99 Å². The minimum Gasteiger partial charge on any atom is -0.492 e. The van der Waals surface area contributed by atoms with E-state index in [0.29, 0.717) is 75.3 Å². The van der Waals surface area contributed by atoms with Crippen molar-refractivity contribution in [1.29, 1.82) is 0 Å². The summed E-state index contributed by atoms with van der Waals surface area (Å²) in [4.78, 5) is 46.8. The first kappa shape index (κ1) is 52.7. The van der Waals surface area contributed by atoms with E-state index >= 15 is 0 Å². The molecule has 2 aliphatic heterocycles. The number of aliphatic imine (C=N–C) groups is 1. The summed E-state index contributed by atoms with van der Waals surface area (Å²) in [7, 11) is 0. The fourth-order valence-electron chi connectivity index (χ4n) is 6.03. The molecule has 7 rings (SSSR count). The van der Waals surface area contributed by atoms with Gasteiger partial charge in [-0.3, -0.25) is 14.6 Å². The third-order valence-corrected chi connectivity index (χ3v) is 10.9. The van der Waals surface area contributed by atoms with E-state index in [-0.39, 0.29) is 43.1 Å². The quantitative estimate of drug-likeness (QED) is 0.0246. The number of carbonyl (C=O) groups is 3. The summed E-state index contributed by atoms with van der Waals surface area (Å²) < 4.78 is 37.7. The molecule has 19 heteroatoms. The molecular weight excluding hydrogens is 977 g/mol. The van der Waals surface area contributed by atoms with Gasteiger partial charge in [-0.05, 0) is 120 Å². The van der Waals surface area contributed by atoms with Crippen molar-refractivity contribution in [2.45, 2.75) is 66.2 Å². The third-order valence-electron chi connectivity index (χ3n) is 9.31. The lowest BCUT2D eigenvalue weighted by Gasteiger charge is -2.30. The molecule has 0 spiro atoms. The first-order chi connectivity index (χ1) is 32.5. The van der Waals surface area contributed by atoms with Gasteiger partial charge in [-0.25, -0.2) is 9.78 Å². The number of alkyl halides is 1. The lowest BCUT2D eigenvalue weighted by Crippen LogP contribution is -2.43. The number of halogens is 1. The Kier molecular flexibility index (Phi) is 19.9. The van der Waals surface area contributed by atoms with Gasteiger partial charge in [0, 0.05) is 47.0 Å². The van der Waals surface area contributed by atoms with Crippen LogP contribution >= 0.6 is 39.5 Å². The maximum absolute atomic E-state index is 12.9. The molecule has 68 heavy (non-hydrogen) atoms. The van der Waals surface area contributed by atoms with Gasteiger partial charge >= 0.3 is 6.09 Å². The van der Waals surface area contributed by atoms with E-state index in [9.17, 15) is 14.4 Å². The number of carbonyl (C=O) groups excluding carboxylic acids is 3. The van der Waals surface area contributed by atoms with Gasteiger partial charge in [0.2, 0.25) is 19.4 Å². The van der Waals surface area contributed by atoms with Crippen LogP contribution in [0.3, 0.4) is 0 Å². The molecule has 16 nitrogen and oxygen atoms in total. The van der Waals surface area contributed by atoms with Crippen molar-refractivity contribution in [3.63, 3.8) is 0 Å². The van der Waals surface area contributed by atoms with Crippen LogP contribution in [0.2, 0.25) is 0 Å². The summed E-state index contributed by atoms with van der Waals surface area (Å²) in [5.41, 5.74) is 8.25. The van der Waals surface area contributed by atoms with Crippen molar-refractivity contribution >= 4 is 91.1 Å². The number of nitrogens with one attached hydrogen (secondary N) is 2. The molecule has 362 valence electrons. The number of Topliss-reactive ketones (excluding diaryl/α,β-unsaturated/α-hetero) is 1. The topological polar surface area (TPSA) is 194 Å². The molecule has 0 unspecified atom stereocenters. The van der Waals surface area contributed by atoms with Crippen LogP contribution in [-0.4, -0.2) is 102 Å². The minimum atomic E-state index is -0.510. The molecule has 1 aromatic heterocycles. The monoisotopic (exact) mass is 1030 g/mol. The van der Waals surface area contributed by atoms with E-state index < -0.39 is 5.60 Å². The Morgan fingerprint density at radius 1 is 0.853 bits per heavy atom. The summed E-state index contributed by atoms with van der Waals surface area (Å²) >= 11 is 9.01. The Morgan fingerprint density at radius 3 is 2.00 bits per heavy atom. The Morgan fingerprint density at radius 2 is 1.43 bits per heavy atom. The zero-order valence-corrected chi connectivity index (χ0v) is 42.3. The Bertz CT molecular complexity index is 2500. The summed E-state index contributed by atoms with van der Waals surface area (Å²) in [6.07, 6.45) is 1.23. The van der Waals surface area contributed by atoms with Crippen molar-refractivity contribution in [3.05, 3.63) is 101 Å². The SMILES string of the molecule is CC(C)N(CCOc1ccc(N=CC=S)cc1)C(=O)OC(C)(C)C.CC(C)NCCOc1ccc(Nc2nc(N)c(C(=O)c3ccc4c(c3)OCO4)s2)cc1.O=C(CBr)c1ccc2c(c1)OCO2. The number of thiazole rings is 1. The molecule has 0 radical (unpaired) electrons. The van der Waals surface area contributed by atoms with E-state index in [1.165, 1.54) is 16.7 Å². The molecule has 3 heterocycles. The van der Waals surface area contributed by atoms with Gasteiger partial charge in [-0.1, -0.05) is 53.3 Å². The van der Waals surface area contributed by atoms with Crippen LogP contribution in [-0.2, 0) is 4.74 Å². The molecular formula is C49H57BrN6O10S2. The number of hydrogen-bond acceptors (Lipinski definition) is 17. The molecule has 0 atom stereocenters. The van der Waals surface area contributed by atoms with Gasteiger partial charge in [-0.2, -0.15) is 0 Å². The van der Waals surface area contributed by atoms with E-state index in [1.54, 1.807) is 47.5 Å². The smallest absolute Gasteiger partial charge is 0.410 e. The number of benzene rings is 4. The number of nitrogens with two attached hydrogens (primary N) is 1. The molecule has 1 amide bonds. The zero-order chi connectivity index (χ0) is 49.2. The number of hydrogen-bond donors (Lipinski definition) is 3. The highest BCUT2D eigenvalue weighted by atomic mass is 79.9. The second kappa shape index (κ2) is 25.7. The van der Waals surface area contributed by atoms with Crippen LogP contribution in [0.15, 0.2) is 89.9 Å². The molecule has 4 N–H and O–H groups in total. The van der Waals surface area contributed by atoms with Crippen LogP contribution in [0.25, 0.3) is 0 Å². The molecule has 2 aliphatic rings. The van der Waals surface area contributed by atoms with Crippen molar-refractivity contribution < 1.29 is 47.5 Å². The summed E-state index contributed by atoms with van der Waals surface area (Å²) in [5, 5.41) is 8.81. The van der Waals surface area contributed by atoms with Crippen molar-refractivity contribution in [3.8, 4) is 34.5 Å². The summed E-state index contributed by atoms with van der Waals surface area (Å²) in [5.74, 6) is 4.05. The number of nitrogens with zero attached hydrogens (tertiary/aromatic N) is 3. The number of nitrogen functional groups attached to an aromatic ring is 1. The highest BCUT2D eigenvalue weighted by Gasteiger charge is 2.25. The van der Waals surface area contributed by atoms with Crippen molar-refractivity contribution in [1.82, 2.24) is 15.2 Å².